The van der Waals surface area contributed by atoms with E-state index in [9.17, 15) is 9.59 Å². The number of esters is 1. The van der Waals surface area contributed by atoms with Crippen molar-refractivity contribution in [3.63, 3.8) is 0 Å². The van der Waals surface area contributed by atoms with Crippen molar-refractivity contribution in [2.45, 2.75) is 13.8 Å². The van der Waals surface area contributed by atoms with Crippen LogP contribution in [-0.2, 0) is 4.74 Å². The number of aromatic nitrogens is 1. The van der Waals surface area contributed by atoms with Crippen LogP contribution in [0.25, 0.3) is 22.0 Å². The third kappa shape index (κ3) is 2.78. The molecular formula is C20H17NO3. The molecule has 2 aromatic carbocycles. The summed E-state index contributed by atoms with van der Waals surface area (Å²) in [5.41, 5.74) is 3.19. The van der Waals surface area contributed by atoms with Gasteiger partial charge in [0.1, 0.15) is 5.69 Å². The number of hydrogen-bond donors (Lipinski definition) is 0. The van der Waals surface area contributed by atoms with Gasteiger partial charge in [0.05, 0.1) is 18.4 Å². The zero-order chi connectivity index (χ0) is 17.3. The smallest absolute Gasteiger partial charge is 0.338 e. The van der Waals surface area contributed by atoms with Crippen LogP contribution in [0.4, 0.5) is 0 Å². The molecule has 120 valence electrons. The highest BCUT2D eigenvalue weighted by Crippen LogP contribution is 2.29. The minimum atomic E-state index is -0.388. The normalized spacial score (nSPS) is 10.6. The minimum Gasteiger partial charge on any atom is -0.465 e. The third-order valence-corrected chi connectivity index (χ3v) is 4.02. The number of carbonyl (C=O) groups is 2. The van der Waals surface area contributed by atoms with Crippen LogP contribution < -0.4 is 0 Å². The summed E-state index contributed by atoms with van der Waals surface area (Å²) in [6.45, 7) is 3.35. The van der Waals surface area contributed by atoms with Crippen LogP contribution in [-0.4, -0.2) is 23.8 Å². The average molecular weight is 319 g/mol. The van der Waals surface area contributed by atoms with E-state index < -0.39 is 0 Å². The summed E-state index contributed by atoms with van der Waals surface area (Å²) in [6.07, 6.45) is 0. The number of pyridine rings is 1. The second-order valence-corrected chi connectivity index (χ2v) is 5.65. The van der Waals surface area contributed by atoms with E-state index in [2.05, 4.69) is 4.98 Å². The molecular weight excluding hydrogens is 302 g/mol. The number of Topliss-reactive ketones (excluding diaryl/α,β-unsaturated/α-hetero) is 1. The van der Waals surface area contributed by atoms with Crippen LogP contribution in [0.5, 0.6) is 0 Å². The zero-order valence-corrected chi connectivity index (χ0v) is 13.8. The Kier molecular flexibility index (Phi) is 4.13. The first kappa shape index (κ1) is 15.9. The van der Waals surface area contributed by atoms with Gasteiger partial charge in [0.25, 0.3) is 0 Å². The molecule has 4 nitrogen and oxygen atoms in total. The van der Waals surface area contributed by atoms with Gasteiger partial charge in [0.2, 0.25) is 0 Å². The Morgan fingerprint density at radius 3 is 2.50 bits per heavy atom. The maximum absolute atomic E-state index is 12.0. The zero-order valence-electron chi connectivity index (χ0n) is 13.8. The second-order valence-electron chi connectivity index (χ2n) is 5.65. The maximum Gasteiger partial charge on any atom is 0.338 e. The van der Waals surface area contributed by atoms with Crippen LogP contribution in [0.1, 0.15) is 33.3 Å². The Labute approximate surface area is 140 Å². The van der Waals surface area contributed by atoms with Gasteiger partial charge < -0.3 is 4.74 Å². The maximum atomic E-state index is 12.0. The Morgan fingerprint density at radius 1 is 1.04 bits per heavy atom. The molecule has 0 atom stereocenters. The molecule has 0 fully saturated rings. The Morgan fingerprint density at radius 2 is 1.79 bits per heavy atom. The Balaban J connectivity index is 2.29. The van der Waals surface area contributed by atoms with Gasteiger partial charge in [-0.25, -0.2) is 9.78 Å². The van der Waals surface area contributed by atoms with E-state index in [-0.39, 0.29) is 11.8 Å². The predicted octanol–water partition coefficient (Wildman–Crippen LogP) is 4.20. The van der Waals surface area contributed by atoms with E-state index >= 15 is 0 Å². The standard InChI is InChI=1S/C20H17NO3/c1-12-8-9-15(10-17(12)20(23)24-3)19-16-7-5-4-6-14(16)11-18(21-19)13(2)22/h4-11H,1-3H3. The number of methoxy groups -OCH3 is 1. The van der Waals surface area contributed by atoms with Gasteiger partial charge in [-0.15, -0.1) is 0 Å². The van der Waals surface area contributed by atoms with Crippen LogP contribution in [0.2, 0.25) is 0 Å². The molecule has 3 rings (SSSR count). The van der Waals surface area contributed by atoms with Crippen LogP contribution in [0, 0.1) is 6.92 Å². The molecule has 1 heterocycles. The molecule has 3 aromatic rings. The Hall–Kier alpha value is -3.01. The summed E-state index contributed by atoms with van der Waals surface area (Å²) in [5.74, 6) is -0.483. The quantitative estimate of drug-likeness (QED) is 0.536. The fourth-order valence-corrected chi connectivity index (χ4v) is 2.70. The number of aryl methyl sites for hydroxylation is 1. The molecule has 0 aliphatic rings. The highest BCUT2D eigenvalue weighted by atomic mass is 16.5. The van der Waals surface area contributed by atoms with Crippen molar-refractivity contribution in [3.8, 4) is 11.3 Å². The fourth-order valence-electron chi connectivity index (χ4n) is 2.70. The van der Waals surface area contributed by atoms with Crippen LogP contribution in [0.3, 0.4) is 0 Å². The number of benzene rings is 2. The molecule has 0 bridgehead atoms. The average Bonchev–Trinajstić information content (AvgIpc) is 2.60. The van der Waals surface area contributed by atoms with E-state index in [1.165, 1.54) is 14.0 Å². The van der Waals surface area contributed by atoms with Gasteiger partial charge in [-0.3, -0.25) is 4.79 Å². The fraction of sp³-hybridized carbons (Fsp3) is 0.150. The van der Waals surface area contributed by atoms with Gasteiger partial charge in [-0.2, -0.15) is 0 Å². The highest BCUT2D eigenvalue weighted by molar-refractivity contribution is 6.02. The van der Waals surface area contributed by atoms with E-state index in [1.54, 1.807) is 12.1 Å². The summed E-state index contributed by atoms with van der Waals surface area (Å²) in [5, 5.41) is 1.87. The van der Waals surface area contributed by atoms with Crippen molar-refractivity contribution in [2.24, 2.45) is 0 Å². The van der Waals surface area contributed by atoms with Crippen molar-refractivity contribution in [3.05, 3.63) is 65.4 Å². The molecule has 1 aromatic heterocycles. The Bertz CT molecular complexity index is 960. The van der Waals surface area contributed by atoms with Gasteiger partial charge in [-0.05, 0) is 30.0 Å². The molecule has 0 amide bonds. The molecule has 0 radical (unpaired) electrons. The van der Waals surface area contributed by atoms with E-state index in [4.69, 9.17) is 4.74 Å². The van der Waals surface area contributed by atoms with Crippen molar-refractivity contribution in [1.82, 2.24) is 4.98 Å². The number of ketones is 1. The van der Waals surface area contributed by atoms with Crippen molar-refractivity contribution < 1.29 is 14.3 Å². The van der Waals surface area contributed by atoms with Crippen LogP contribution >= 0.6 is 0 Å². The van der Waals surface area contributed by atoms with E-state index in [0.29, 0.717) is 17.0 Å². The second kappa shape index (κ2) is 6.24. The predicted molar refractivity (Wildman–Crippen MR) is 93.3 cm³/mol. The van der Waals surface area contributed by atoms with Crippen molar-refractivity contribution in [2.75, 3.05) is 7.11 Å². The molecule has 4 heteroatoms. The summed E-state index contributed by atoms with van der Waals surface area (Å²) in [4.78, 5) is 28.3. The van der Waals surface area contributed by atoms with E-state index in [1.807, 2.05) is 43.3 Å². The number of carbonyl (C=O) groups excluding carboxylic acids is 2. The number of rotatable bonds is 3. The lowest BCUT2D eigenvalue weighted by molar-refractivity contribution is 0.0600. The monoisotopic (exact) mass is 319 g/mol. The summed E-state index contributed by atoms with van der Waals surface area (Å²) < 4.78 is 4.84. The van der Waals surface area contributed by atoms with Crippen molar-refractivity contribution in [1.29, 1.82) is 0 Å². The first-order valence-electron chi connectivity index (χ1n) is 7.61. The highest BCUT2D eigenvalue weighted by Gasteiger charge is 2.15. The molecule has 0 N–H and O–H groups in total. The molecule has 24 heavy (non-hydrogen) atoms. The summed E-state index contributed by atoms with van der Waals surface area (Å²) >= 11 is 0. The number of ether oxygens (including phenoxy) is 1. The summed E-state index contributed by atoms with van der Waals surface area (Å²) in [6, 6.07) is 15.1. The topological polar surface area (TPSA) is 56.3 Å². The van der Waals surface area contributed by atoms with Crippen molar-refractivity contribution >= 4 is 22.5 Å². The largest absolute Gasteiger partial charge is 0.465 e. The van der Waals surface area contributed by atoms with E-state index in [0.717, 1.165) is 21.9 Å². The molecule has 0 unspecified atom stereocenters. The lowest BCUT2D eigenvalue weighted by Gasteiger charge is -2.11. The molecule has 0 saturated heterocycles. The van der Waals surface area contributed by atoms with Gasteiger partial charge in [-0.1, -0.05) is 36.4 Å². The number of nitrogens with zero attached hydrogens (tertiary/aromatic N) is 1. The van der Waals surface area contributed by atoms with Gasteiger partial charge in [0, 0.05) is 17.9 Å². The first-order chi connectivity index (χ1) is 11.5. The van der Waals surface area contributed by atoms with Crippen LogP contribution in [0.15, 0.2) is 48.5 Å². The summed E-state index contributed by atoms with van der Waals surface area (Å²) in [7, 11) is 1.36. The molecule has 0 spiro atoms. The number of fused-ring (bicyclic) bond motifs is 1. The first-order valence-corrected chi connectivity index (χ1v) is 7.61. The SMILES string of the molecule is COC(=O)c1cc(-c2nc(C(C)=O)cc3ccccc23)ccc1C. The molecule has 0 saturated carbocycles. The van der Waals surface area contributed by atoms with Gasteiger partial charge >= 0.3 is 5.97 Å². The minimum absolute atomic E-state index is 0.0951. The lowest BCUT2D eigenvalue weighted by atomic mass is 9.98. The molecule has 0 aliphatic heterocycles. The molecule has 0 aliphatic carbocycles. The number of hydrogen-bond acceptors (Lipinski definition) is 4. The third-order valence-electron chi connectivity index (χ3n) is 4.02. The van der Waals surface area contributed by atoms with Gasteiger partial charge in [0.15, 0.2) is 5.78 Å². The lowest BCUT2D eigenvalue weighted by Crippen LogP contribution is -2.05.